The summed E-state index contributed by atoms with van der Waals surface area (Å²) in [5.41, 5.74) is -0.343. The van der Waals surface area contributed by atoms with Crippen molar-refractivity contribution in [3.05, 3.63) is 35.3 Å². The average molecular weight is 312 g/mol. The highest BCUT2D eigenvalue weighted by molar-refractivity contribution is 5.59. The van der Waals surface area contributed by atoms with Gasteiger partial charge in [0.15, 0.2) is 17.1 Å². The van der Waals surface area contributed by atoms with Gasteiger partial charge in [0.2, 0.25) is 0 Å². The highest BCUT2D eigenvalue weighted by atomic mass is 19.1. The lowest BCUT2D eigenvalue weighted by atomic mass is 10.1. The van der Waals surface area contributed by atoms with Gasteiger partial charge in [0.25, 0.3) is 0 Å². The van der Waals surface area contributed by atoms with Gasteiger partial charge in [-0.25, -0.2) is 4.39 Å². The number of ether oxygens (including phenoxy) is 2. The minimum Gasteiger partial charge on any atom is -0.487 e. The van der Waals surface area contributed by atoms with Gasteiger partial charge in [-0.2, -0.15) is 15.8 Å². The molecule has 7 heteroatoms. The minimum atomic E-state index is -0.589. The summed E-state index contributed by atoms with van der Waals surface area (Å²) >= 11 is 0. The Morgan fingerprint density at radius 3 is 2.43 bits per heavy atom. The van der Waals surface area contributed by atoms with Crippen LogP contribution in [0.5, 0.6) is 5.75 Å². The van der Waals surface area contributed by atoms with Crippen molar-refractivity contribution in [2.45, 2.75) is 18.9 Å². The number of hydrogen-bond acceptors (Lipinski definition) is 6. The molecule has 0 spiro atoms. The standard InChI is InChI=1S/C16H13FN4O2/c17-14-7-12(21-15(10-20)11(8-18)9-19)1-2-16(14)23-13-3-5-22-6-4-13/h1-2,7,13,21H,3-6H2. The highest BCUT2D eigenvalue weighted by Crippen LogP contribution is 2.25. The van der Waals surface area contributed by atoms with Crippen LogP contribution in [0, 0.1) is 39.8 Å². The Kier molecular flexibility index (Phi) is 5.52. The second-order valence-corrected chi connectivity index (χ2v) is 4.79. The van der Waals surface area contributed by atoms with Crippen LogP contribution in [0.3, 0.4) is 0 Å². The van der Waals surface area contributed by atoms with Crippen LogP contribution in [0.25, 0.3) is 0 Å². The first kappa shape index (κ1) is 16.3. The summed E-state index contributed by atoms with van der Waals surface area (Å²) in [6, 6.07) is 9.03. The molecule has 2 rings (SSSR count). The largest absolute Gasteiger partial charge is 0.487 e. The molecule has 116 valence electrons. The Morgan fingerprint density at radius 2 is 1.87 bits per heavy atom. The maximum Gasteiger partial charge on any atom is 0.167 e. The molecule has 1 aliphatic rings. The molecule has 0 unspecified atom stereocenters. The number of nitrogens with zero attached hydrogens (tertiary/aromatic N) is 3. The van der Waals surface area contributed by atoms with Crippen LogP contribution in [0.4, 0.5) is 10.1 Å². The Bertz CT molecular complexity index is 718. The first-order chi connectivity index (χ1) is 11.2. The lowest BCUT2D eigenvalue weighted by Crippen LogP contribution is -2.26. The summed E-state index contributed by atoms with van der Waals surface area (Å²) in [5.74, 6) is -0.472. The second-order valence-electron chi connectivity index (χ2n) is 4.79. The molecule has 1 aliphatic heterocycles. The van der Waals surface area contributed by atoms with Crippen molar-refractivity contribution >= 4 is 5.69 Å². The van der Waals surface area contributed by atoms with E-state index in [4.69, 9.17) is 25.3 Å². The number of nitrogens with one attached hydrogen (secondary N) is 1. The summed E-state index contributed by atoms with van der Waals surface area (Å²) in [5, 5.41) is 29.0. The predicted molar refractivity (Wildman–Crippen MR) is 78.4 cm³/mol. The predicted octanol–water partition coefficient (Wildman–Crippen LogP) is 2.62. The lowest BCUT2D eigenvalue weighted by Gasteiger charge is -2.23. The molecular weight excluding hydrogens is 299 g/mol. The van der Waals surface area contributed by atoms with Gasteiger partial charge in [-0.1, -0.05) is 0 Å². The molecule has 1 fully saturated rings. The van der Waals surface area contributed by atoms with Gasteiger partial charge in [-0.3, -0.25) is 0 Å². The molecule has 0 amide bonds. The maximum atomic E-state index is 14.1. The normalized spacial score (nSPS) is 14.0. The Balaban J connectivity index is 2.13. The third-order valence-electron chi connectivity index (χ3n) is 3.25. The smallest absolute Gasteiger partial charge is 0.167 e. The Morgan fingerprint density at radius 1 is 1.17 bits per heavy atom. The van der Waals surface area contributed by atoms with Crippen LogP contribution < -0.4 is 10.1 Å². The van der Waals surface area contributed by atoms with E-state index >= 15 is 0 Å². The van der Waals surface area contributed by atoms with Crippen LogP contribution >= 0.6 is 0 Å². The van der Waals surface area contributed by atoms with Gasteiger partial charge in [-0.15, -0.1) is 0 Å². The summed E-state index contributed by atoms with van der Waals surface area (Å²) in [4.78, 5) is 0. The van der Waals surface area contributed by atoms with Crippen LogP contribution in [0.15, 0.2) is 29.5 Å². The van der Waals surface area contributed by atoms with Crippen molar-refractivity contribution in [3.63, 3.8) is 0 Å². The fourth-order valence-corrected chi connectivity index (χ4v) is 2.08. The van der Waals surface area contributed by atoms with Gasteiger partial charge >= 0.3 is 0 Å². The summed E-state index contributed by atoms with van der Waals surface area (Å²) in [6.07, 6.45) is 1.32. The molecule has 1 aromatic carbocycles. The molecular formula is C16H13FN4O2. The summed E-state index contributed by atoms with van der Waals surface area (Å²) < 4.78 is 24.9. The molecule has 1 saturated heterocycles. The molecule has 1 heterocycles. The number of rotatable bonds is 4. The number of anilines is 1. The van der Waals surface area contributed by atoms with E-state index in [1.54, 1.807) is 18.2 Å². The van der Waals surface area contributed by atoms with Crippen LogP contribution in [0.1, 0.15) is 12.8 Å². The molecule has 0 saturated carbocycles. The quantitative estimate of drug-likeness (QED) is 0.857. The second kappa shape index (κ2) is 7.79. The van der Waals surface area contributed by atoms with Gasteiger partial charge in [-0.05, 0) is 12.1 Å². The van der Waals surface area contributed by atoms with E-state index < -0.39 is 5.82 Å². The van der Waals surface area contributed by atoms with Crippen LogP contribution in [-0.2, 0) is 4.74 Å². The topological polar surface area (TPSA) is 102 Å². The van der Waals surface area contributed by atoms with Gasteiger partial charge < -0.3 is 14.8 Å². The third-order valence-corrected chi connectivity index (χ3v) is 3.25. The lowest BCUT2D eigenvalue weighted by molar-refractivity contribution is 0.0240. The Hall–Kier alpha value is -3.08. The third kappa shape index (κ3) is 4.20. The minimum absolute atomic E-state index is 0.0876. The monoisotopic (exact) mass is 312 g/mol. The molecule has 1 aromatic rings. The molecule has 0 radical (unpaired) electrons. The van der Waals surface area contributed by atoms with E-state index in [0.717, 1.165) is 6.07 Å². The van der Waals surface area contributed by atoms with E-state index in [0.29, 0.717) is 26.1 Å². The molecule has 0 atom stereocenters. The number of hydrogen-bond donors (Lipinski definition) is 1. The van der Waals surface area contributed by atoms with E-state index in [1.165, 1.54) is 12.1 Å². The first-order valence-corrected chi connectivity index (χ1v) is 6.93. The number of halogens is 1. The Labute approximate surface area is 133 Å². The van der Waals surface area contributed by atoms with Crippen molar-refractivity contribution in [1.82, 2.24) is 0 Å². The molecule has 23 heavy (non-hydrogen) atoms. The van der Waals surface area contributed by atoms with Crippen molar-refractivity contribution in [2.75, 3.05) is 18.5 Å². The molecule has 1 N–H and O–H groups in total. The van der Waals surface area contributed by atoms with Crippen molar-refractivity contribution in [1.29, 1.82) is 15.8 Å². The molecule has 0 bridgehead atoms. The zero-order valence-corrected chi connectivity index (χ0v) is 12.2. The van der Waals surface area contributed by atoms with Gasteiger partial charge in [0.05, 0.1) is 13.2 Å². The van der Waals surface area contributed by atoms with Crippen molar-refractivity contribution < 1.29 is 13.9 Å². The SMILES string of the molecule is N#CC(C#N)=C(C#N)Nc1ccc(OC2CCOCC2)c(F)c1. The average Bonchev–Trinajstić information content (AvgIpc) is 2.58. The van der Waals surface area contributed by atoms with Gasteiger partial charge in [0.1, 0.15) is 30.0 Å². The van der Waals surface area contributed by atoms with E-state index in [1.807, 2.05) is 0 Å². The number of nitriles is 3. The highest BCUT2D eigenvalue weighted by Gasteiger charge is 2.17. The van der Waals surface area contributed by atoms with Crippen LogP contribution in [-0.4, -0.2) is 19.3 Å². The van der Waals surface area contributed by atoms with Crippen molar-refractivity contribution in [3.8, 4) is 24.0 Å². The van der Waals surface area contributed by atoms with E-state index in [2.05, 4.69) is 5.32 Å². The fourth-order valence-electron chi connectivity index (χ4n) is 2.08. The number of benzene rings is 1. The number of allylic oxidation sites excluding steroid dienone is 2. The maximum absolute atomic E-state index is 14.1. The van der Waals surface area contributed by atoms with E-state index in [9.17, 15) is 4.39 Å². The molecule has 0 aromatic heterocycles. The summed E-state index contributed by atoms with van der Waals surface area (Å²) in [7, 11) is 0. The first-order valence-electron chi connectivity index (χ1n) is 6.93. The molecule has 0 aliphatic carbocycles. The zero-order valence-electron chi connectivity index (χ0n) is 12.2. The van der Waals surface area contributed by atoms with Crippen molar-refractivity contribution in [2.24, 2.45) is 0 Å². The van der Waals surface area contributed by atoms with Crippen LogP contribution in [0.2, 0.25) is 0 Å². The van der Waals surface area contributed by atoms with Gasteiger partial charge in [0, 0.05) is 24.6 Å². The zero-order chi connectivity index (χ0) is 16.7. The summed E-state index contributed by atoms with van der Waals surface area (Å²) in [6.45, 7) is 1.18. The fraction of sp³-hybridized carbons (Fsp3) is 0.312. The molecule has 6 nitrogen and oxygen atoms in total. The van der Waals surface area contributed by atoms with E-state index in [-0.39, 0.29) is 28.8 Å².